The third kappa shape index (κ3) is 6.49. The number of rotatable bonds is 2. The zero-order valence-electron chi connectivity index (χ0n) is 13.7. The number of halogens is 2. The first kappa shape index (κ1) is 19.1. The minimum absolute atomic E-state index is 0.654. The summed E-state index contributed by atoms with van der Waals surface area (Å²) in [5.74, 6) is 0.0185. The highest BCUT2D eigenvalue weighted by Gasteiger charge is 2.18. The van der Waals surface area contributed by atoms with Crippen molar-refractivity contribution >= 4 is 0 Å². The van der Waals surface area contributed by atoms with Crippen molar-refractivity contribution in [2.75, 3.05) is 0 Å². The maximum absolute atomic E-state index is 13.0. The molecule has 0 saturated heterocycles. The Hall–Kier alpha value is -0.920. The van der Waals surface area contributed by atoms with Gasteiger partial charge in [0.1, 0.15) is 0 Å². The molecular formula is C18H30F2. The largest absolute Gasteiger partial charge is 0.204 e. The van der Waals surface area contributed by atoms with E-state index in [1.165, 1.54) is 37.8 Å². The van der Waals surface area contributed by atoms with E-state index in [4.69, 9.17) is 0 Å². The number of hydrogen-bond acceptors (Lipinski definition) is 0. The molecule has 1 aliphatic rings. The van der Waals surface area contributed by atoms with Gasteiger partial charge in [0.2, 0.25) is 0 Å². The van der Waals surface area contributed by atoms with Gasteiger partial charge in [-0.1, -0.05) is 53.5 Å². The molecule has 0 bridgehead atoms. The zero-order chi connectivity index (χ0) is 15.5. The lowest BCUT2D eigenvalue weighted by Crippen LogP contribution is -2.14. The van der Waals surface area contributed by atoms with E-state index in [0.29, 0.717) is 5.92 Å². The summed E-state index contributed by atoms with van der Waals surface area (Å²) >= 11 is 0. The van der Waals surface area contributed by atoms with E-state index in [9.17, 15) is 8.78 Å². The van der Waals surface area contributed by atoms with Crippen LogP contribution in [0.25, 0.3) is 0 Å². The van der Waals surface area contributed by atoms with Crippen molar-refractivity contribution in [2.45, 2.75) is 66.7 Å². The molecule has 20 heavy (non-hydrogen) atoms. The summed E-state index contributed by atoms with van der Waals surface area (Å²) in [6.07, 6.45) is 5.88. The Morgan fingerprint density at radius 1 is 0.900 bits per heavy atom. The molecule has 2 rings (SSSR count). The lowest BCUT2D eigenvalue weighted by atomic mass is 9.80. The lowest BCUT2D eigenvalue weighted by Gasteiger charge is -2.26. The van der Waals surface area contributed by atoms with Gasteiger partial charge in [-0.2, -0.15) is 0 Å². The van der Waals surface area contributed by atoms with E-state index in [1.807, 2.05) is 27.7 Å². The standard InChI is InChI=1S/C14H18F2.2C2H6/c1-10-2-4-11(5-3-10)8-12-6-7-13(15)14(16)9-12;2*1-2/h6-7,9-11H,2-5,8H2,1H3;2*1-2H3. The first-order valence-electron chi connectivity index (χ1n) is 8.09. The molecule has 0 aliphatic heterocycles. The van der Waals surface area contributed by atoms with Gasteiger partial charge in [-0.05, 0) is 48.8 Å². The normalized spacial score (nSPS) is 21.1. The van der Waals surface area contributed by atoms with Gasteiger partial charge in [-0.15, -0.1) is 0 Å². The van der Waals surface area contributed by atoms with Gasteiger partial charge in [0.25, 0.3) is 0 Å². The predicted molar refractivity (Wildman–Crippen MR) is 83.9 cm³/mol. The molecule has 116 valence electrons. The molecule has 0 N–H and O–H groups in total. The van der Waals surface area contributed by atoms with E-state index in [1.54, 1.807) is 6.07 Å². The summed E-state index contributed by atoms with van der Waals surface area (Å²) in [5, 5.41) is 0. The van der Waals surface area contributed by atoms with Crippen LogP contribution in [0.4, 0.5) is 8.78 Å². The van der Waals surface area contributed by atoms with E-state index in [2.05, 4.69) is 6.92 Å². The highest BCUT2D eigenvalue weighted by Crippen LogP contribution is 2.30. The van der Waals surface area contributed by atoms with Crippen LogP contribution in [-0.4, -0.2) is 0 Å². The molecule has 0 aromatic heterocycles. The summed E-state index contributed by atoms with van der Waals surface area (Å²) in [7, 11) is 0. The lowest BCUT2D eigenvalue weighted by molar-refractivity contribution is 0.288. The van der Waals surface area contributed by atoms with Gasteiger partial charge >= 0.3 is 0 Å². The van der Waals surface area contributed by atoms with Crippen molar-refractivity contribution in [1.29, 1.82) is 0 Å². The summed E-state index contributed by atoms with van der Waals surface area (Å²) < 4.78 is 25.8. The first-order valence-corrected chi connectivity index (χ1v) is 8.09. The van der Waals surface area contributed by atoms with Gasteiger partial charge < -0.3 is 0 Å². The molecule has 0 nitrogen and oxygen atoms in total. The average molecular weight is 284 g/mol. The van der Waals surface area contributed by atoms with Gasteiger partial charge in [0.05, 0.1) is 0 Å². The van der Waals surface area contributed by atoms with Crippen LogP contribution < -0.4 is 0 Å². The van der Waals surface area contributed by atoms with Crippen LogP contribution in [0.3, 0.4) is 0 Å². The van der Waals surface area contributed by atoms with Gasteiger partial charge in [0, 0.05) is 0 Å². The third-order valence-electron chi connectivity index (χ3n) is 3.64. The Morgan fingerprint density at radius 2 is 1.45 bits per heavy atom. The molecule has 0 heterocycles. The Balaban J connectivity index is 0.000000829. The second kappa shape index (κ2) is 10.8. The van der Waals surface area contributed by atoms with Crippen LogP contribution in [0.2, 0.25) is 0 Å². The van der Waals surface area contributed by atoms with E-state index >= 15 is 0 Å². The van der Waals surface area contributed by atoms with Gasteiger partial charge in [-0.3, -0.25) is 0 Å². The molecular weight excluding hydrogens is 254 g/mol. The van der Waals surface area contributed by atoms with Gasteiger partial charge in [0.15, 0.2) is 11.6 Å². The number of hydrogen-bond donors (Lipinski definition) is 0. The molecule has 0 radical (unpaired) electrons. The van der Waals surface area contributed by atoms with Crippen LogP contribution in [0.5, 0.6) is 0 Å². The topological polar surface area (TPSA) is 0 Å². The second-order valence-electron chi connectivity index (χ2n) is 5.08. The van der Waals surface area contributed by atoms with Crippen LogP contribution in [0.1, 0.15) is 65.9 Å². The quantitative estimate of drug-likeness (QED) is 0.590. The molecule has 0 atom stereocenters. The second-order valence-corrected chi connectivity index (χ2v) is 5.08. The predicted octanol–water partition coefficient (Wildman–Crippen LogP) is 6.39. The Morgan fingerprint density at radius 3 is 1.95 bits per heavy atom. The fraction of sp³-hybridized carbons (Fsp3) is 0.667. The van der Waals surface area contributed by atoms with Crippen molar-refractivity contribution in [3.8, 4) is 0 Å². The van der Waals surface area contributed by atoms with Crippen molar-refractivity contribution in [1.82, 2.24) is 0 Å². The summed E-state index contributed by atoms with van der Waals surface area (Å²) in [4.78, 5) is 0. The summed E-state index contributed by atoms with van der Waals surface area (Å²) in [6, 6.07) is 4.28. The molecule has 1 aromatic rings. The molecule has 0 unspecified atom stereocenters. The van der Waals surface area contributed by atoms with E-state index in [-0.39, 0.29) is 0 Å². The van der Waals surface area contributed by atoms with Crippen LogP contribution in [-0.2, 0) is 6.42 Å². The molecule has 1 aromatic carbocycles. The Labute approximate surface area is 123 Å². The van der Waals surface area contributed by atoms with Crippen LogP contribution >= 0.6 is 0 Å². The summed E-state index contributed by atoms with van der Waals surface area (Å²) in [6.45, 7) is 10.3. The molecule has 1 saturated carbocycles. The molecule has 0 spiro atoms. The SMILES string of the molecule is CC.CC.CC1CCC(Cc2ccc(F)c(F)c2)CC1. The highest BCUT2D eigenvalue weighted by atomic mass is 19.2. The maximum Gasteiger partial charge on any atom is 0.159 e. The maximum atomic E-state index is 13.0. The summed E-state index contributed by atoms with van der Waals surface area (Å²) in [5.41, 5.74) is 0.929. The minimum atomic E-state index is -0.749. The van der Waals surface area contributed by atoms with E-state index in [0.717, 1.165) is 17.9 Å². The van der Waals surface area contributed by atoms with Crippen molar-refractivity contribution in [3.05, 3.63) is 35.4 Å². The zero-order valence-corrected chi connectivity index (χ0v) is 13.7. The minimum Gasteiger partial charge on any atom is -0.204 e. The molecule has 2 heteroatoms. The monoisotopic (exact) mass is 284 g/mol. The molecule has 1 aliphatic carbocycles. The fourth-order valence-corrected chi connectivity index (χ4v) is 2.53. The van der Waals surface area contributed by atoms with Crippen LogP contribution in [0, 0.1) is 23.5 Å². The smallest absolute Gasteiger partial charge is 0.159 e. The van der Waals surface area contributed by atoms with Crippen molar-refractivity contribution < 1.29 is 8.78 Å². The third-order valence-corrected chi connectivity index (χ3v) is 3.64. The Bertz CT molecular complexity index is 352. The van der Waals surface area contributed by atoms with Crippen LogP contribution in [0.15, 0.2) is 18.2 Å². The van der Waals surface area contributed by atoms with E-state index < -0.39 is 11.6 Å². The average Bonchev–Trinajstić information content (AvgIpc) is 2.50. The number of benzene rings is 1. The fourth-order valence-electron chi connectivity index (χ4n) is 2.53. The molecule has 0 amide bonds. The highest BCUT2D eigenvalue weighted by molar-refractivity contribution is 5.18. The van der Waals surface area contributed by atoms with Crippen molar-refractivity contribution in [3.63, 3.8) is 0 Å². The van der Waals surface area contributed by atoms with Gasteiger partial charge in [-0.25, -0.2) is 8.78 Å². The van der Waals surface area contributed by atoms with Crippen molar-refractivity contribution in [2.24, 2.45) is 11.8 Å². The molecule has 1 fully saturated rings. The Kier molecular flexibility index (Phi) is 10.3. The first-order chi connectivity index (χ1) is 9.65.